The highest BCUT2D eigenvalue weighted by Gasteiger charge is 2.14. The van der Waals surface area contributed by atoms with Gasteiger partial charge in [-0.05, 0) is 50.0 Å². The van der Waals surface area contributed by atoms with Crippen LogP contribution in [0.3, 0.4) is 0 Å². The van der Waals surface area contributed by atoms with Crippen molar-refractivity contribution in [3.05, 3.63) is 41.6 Å². The lowest BCUT2D eigenvalue weighted by molar-refractivity contribution is 0.245. The SMILES string of the molecule is Fc1cc(CN2CC[CH]CC2)cc(F)c1F. The lowest BCUT2D eigenvalue weighted by atomic mass is 10.1. The number of hydrogen-bond donors (Lipinski definition) is 0. The second-order valence-corrected chi connectivity index (χ2v) is 4.02. The predicted octanol–water partition coefficient (Wildman–Crippen LogP) is 2.90. The number of benzene rings is 1. The van der Waals surface area contributed by atoms with Crippen molar-refractivity contribution in [2.75, 3.05) is 13.1 Å². The van der Waals surface area contributed by atoms with E-state index in [1.165, 1.54) is 0 Å². The average molecular weight is 228 g/mol. The van der Waals surface area contributed by atoms with Crippen molar-refractivity contribution in [3.8, 4) is 0 Å². The summed E-state index contributed by atoms with van der Waals surface area (Å²) in [6, 6.07) is 2.13. The highest BCUT2D eigenvalue weighted by Crippen LogP contribution is 2.17. The normalized spacial score (nSPS) is 17.7. The van der Waals surface area contributed by atoms with Gasteiger partial charge in [0.1, 0.15) is 0 Å². The topological polar surface area (TPSA) is 3.24 Å². The molecule has 1 radical (unpaired) electrons. The summed E-state index contributed by atoms with van der Waals surface area (Å²) in [6.07, 6.45) is 4.18. The largest absolute Gasteiger partial charge is 0.299 e. The van der Waals surface area contributed by atoms with Crippen molar-refractivity contribution in [1.29, 1.82) is 0 Å². The fourth-order valence-corrected chi connectivity index (χ4v) is 1.92. The van der Waals surface area contributed by atoms with E-state index in [9.17, 15) is 13.2 Å². The van der Waals surface area contributed by atoms with Gasteiger partial charge in [-0.1, -0.05) is 0 Å². The van der Waals surface area contributed by atoms with Crippen LogP contribution in [0.5, 0.6) is 0 Å². The quantitative estimate of drug-likeness (QED) is 0.703. The third kappa shape index (κ3) is 2.55. The Morgan fingerprint density at radius 2 is 1.56 bits per heavy atom. The Balaban J connectivity index is 2.09. The van der Waals surface area contributed by atoms with Gasteiger partial charge in [-0.2, -0.15) is 0 Å². The molecule has 1 aromatic rings. The number of hydrogen-bond acceptors (Lipinski definition) is 1. The van der Waals surface area contributed by atoms with Crippen molar-refractivity contribution < 1.29 is 13.2 Å². The molecule has 0 aromatic heterocycles. The van der Waals surface area contributed by atoms with Crippen molar-refractivity contribution in [2.24, 2.45) is 0 Å². The van der Waals surface area contributed by atoms with Gasteiger partial charge in [0.2, 0.25) is 0 Å². The van der Waals surface area contributed by atoms with Crippen molar-refractivity contribution in [3.63, 3.8) is 0 Å². The van der Waals surface area contributed by atoms with Crippen molar-refractivity contribution in [2.45, 2.75) is 19.4 Å². The monoisotopic (exact) mass is 228 g/mol. The smallest absolute Gasteiger partial charge is 0.194 e. The fraction of sp³-hybridized carbons (Fsp3) is 0.417. The molecule has 0 saturated carbocycles. The molecule has 1 fully saturated rings. The number of likely N-dealkylation sites (tertiary alicyclic amines) is 1. The molecule has 0 unspecified atom stereocenters. The van der Waals surface area contributed by atoms with Crippen LogP contribution in [0.25, 0.3) is 0 Å². The lowest BCUT2D eigenvalue weighted by Crippen LogP contribution is -2.29. The summed E-state index contributed by atoms with van der Waals surface area (Å²) in [7, 11) is 0. The Morgan fingerprint density at radius 3 is 2.12 bits per heavy atom. The van der Waals surface area contributed by atoms with E-state index in [2.05, 4.69) is 11.3 Å². The summed E-state index contributed by atoms with van der Waals surface area (Å²) in [5.41, 5.74) is 0.485. The molecule has 0 N–H and O–H groups in total. The van der Waals surface area contributed by atoms with Crippen LogP contribution in [0.1, 0.15) is 18.4 Å². The standard InChI is InChI=1S/C12H13F3N/c13-10-6-9(7-11(14)12(10)15)8-16-4-2-1-3-5-16/h1,6-7H,2-5,8H2. The van der Waals surface area contributed by atoms with Gasteiger partial charge in [0, 0.05) is 6.54 Å². The molecule has 0 bridgehead atoms. The molecular weight excluding hydrogens is 215 g/mol. The minimum absolute atomic E-state index is 0.474. The Hall–Kier alpha value is -1.03. The second kappa shape index (κ2) is 4.87. The highest BCUT2D eigenvalue weighted by molar-refractivity contribution is 5.19. The summed E-state index contributed by atoms with van der Waals surface area (Å²) in [4.78, 5) is 2.10. The van der Waals surface area contributed by atoms with Gasteiger partial charge in [-0.3, -0.25) is 4.90 Å². The van der Waals surface area contributed by atoms with Crippen LogP contribution < -0.4 is 0 Å². The zero-order chi connectivity index (χ0) is 11.5. The Kier molecular flexibility index (Phi) is 3.49. The van der Waals surface area contributed by atoms with Crippen LogP contribution in [0, 0.1) is 23.9 Å². The van der Waals surface area contributed by atoms with Gasteiger partial charge in [-0.25, -0.2) is 13.2 Å². The van der Waals surface area contributed by atoms with Gasteiger partial charge >= 0.3 is 0 Å². The van der Waals surface area contributed by atoms with Gasteiger partial charge in [-0.15, -0.1) is 0 Å². The van der Waals surface area contributed by atoms with Gasteiger partial charge in [0.05, 0.1) is 0 Å². The third-order valence-electron chi connectivity index (χ3n) is 2.75. The molecule has 2 rings (SSSR count). The summed E-state index contributed by atoms with van der Waals surface area (Å²) in [5.74, 6) is -3.62. The molecule has 1 saturated heterocycles. The maximum absolute atomic E-state index is 13.0. The Bertz CT molecular complexity index is 350. The molecule has 1 aliphatic heterocycles. The predicted molar refractivity (Wildman–Crippen MR) is 55.1 cm³/mol. The molecule has 16 heavy (non-hydrogen) atoms. The minimum atomic E-state index is -1.39. The van der Waals surface area contributed by atoms with E-state index in [-0.39, 0.29) is 0 Å². The van der Waals surface area contributed by atoms with Crippen LogP contribution in [0.2, 0.25) is 0 Å². The first-order valence-electron chi connectivity index (χ1n) is 5.34. The zero-order valence-corrected chi connectivity index (χ0v) is 8.85. The molecule has 0 atom stereocenters. The number of piperidine rings is 1. The molecule has 1 nitrogen and oxygen atoms in total. The number of rotatable bonds is 2. The molecule has 0 spiro atoms. The minimum Gasteiger partial charge on any atom is -0.299 e. The summed E-state index contributed by atoms with van der Waals surface area (Å²) in [5, 5.41) is 0. The fourth-order valence-electron chi connectivity index (χ4n) is 1.92. The Labute approximate surface area is 92.9 Å². The molecule has 1 aliphatic rings. The van der Waals surface area contributed by atoms with Crippen LogP contribution >= 0.6 is 0 Å². The van der Waals surface area contributed by atoms with E-state index >= 15 is 0 Å². The summed E-state index contributed by atoms with van der Waals surface area (Å²) in [6.45, 7) is 2.25. The van der Waals surface area contributed by atoms with Crippen molar-refractivity contribution >= 4 is 0 Å². The molecular formula is C12H13F3N. The van der Waals surface area contributed by atoms with Crippen LogP contribution in [0.15, 0.2) is 12.1 Å². The first-order chi connectivity index (χ1) is 7.66. The number of halogens is 3. The van der Waals surface area contributed by atoms with Crippen LogP contribution in [-0.2, 0) is 6.54 Å². The Morgan fingerprint density at radius 1 is 1.00 bits per heavy atom. The van der Waals surface area contributed by atoms with E-state index in [0.717, 1.165) is 38.1 Å². The lowest BCUT2D eigenvalue weighted by Gasteiger charge is -2.26. The van der Waals surface area contributed by atoms with E-state index in [0.29, 0.717) is 12.1 Å². The first-order valence-corrected chi connectivity index (χ1v) is 5.34. The van der Waals surface area contributed by atoms with Gasteiger partial charge in [0.25, 0.3) is 0 Å². The van der Waals surface area contributed by atoms with Crippen LogP contribution in [0.4, 0.5) is 13.2 Å². The van der Waals surface area contributed by atoms with E-state index < -0.39 is 17.5 Å². The maximum atomic E-state index is 13.0. The second-order valence-electron chi connectivity index (χ2n) is 4.02. The summed E-state index contributed by atoms with van der Waals surface area (Å²) >= 11 is 0. The van der Waals surface area contributed by atoms with E-state index in [4.69, 9.17) is 0 Å². The molecule has 1 heterocycles. The molecule has 0 amide bonds. The molecule has 87 valence electrons. The van der Waals surface area contributed by atoms with Crippen molar-refractivity contribution in [1.82, 2.24) is 4.90 Å². The van der Waals surface area contributed by atoms with E-state index in [1.807, 2.05) is 0 Å². The molecule has 1 aromatic carbocycles. The van der Waals surface area contributed by atoms with Crippen LogP contribution in [-0.4, -0.2) is 18.0 Å². The van der Waals surface area contributed by atoms with Gasteiger partial charge < -0.3 is 0 Å². The third-order valence-corrected chi connectivity index (χ3v) is 2.75. The average Bonchev–Trinajstić information content (AvgIpc) is 2.27. The number of nitrogens with zero attached hydrogens (tertiary/aromatic N) is 1. The van der Waals surface area contributed by atoms with Gasteiger partial charge in [0.15, 0.2) is 17.5 Å². The molecule has 0 aliphatic carbocycles. The molecule has 4 heteroatoms. The summed E-state index contributed by atoms with van der Waals surface area (Å²) < 4.78 is 38.6. The first kappa shape index (κ1) is 11.5. The maximum Gasteiger partial charge on any atom is 0.194 e. The highest BCUT2D eigenvalue weighted by atomic mass is 19.2. The van der Waals surface area contributed by atoms with E-state index in [1.54, 1.807) is 0 Å². The zero-order valence-electron chi connectivity index (χ0n) is 8.85.